The molecule has 178 valence electrons. The Hall–Kier alpha value is -3.69. The van der Waals surface area contributed by atoms with Crippen molar-refractivity contribution in [2.45, 2.75) is 57.8 Å². The molecule has 1 fully saturated rings. The van der Waals surface area contributed by atoms with E-state index in [0.29, 0.717) is 11.1 Å². The lowest BCUT2D eigenvalue weighted by molar-refractivity contribution is -0.141. The van der Waals surface area contributed by atoms with Gasteiger partial charge in [-0.3, -0.25) is 9.59 Å². The van der Waals surface area contributed by atoms with E-state index in [4.69, 9.17) is 0 Å². The Balaban J connectivity index is 1.51. The predicted octanol–water partition coefficient (Wildman–Crippen LogP) is 3.09. The third-order valence-electron chi connectivity index (χ3n) is 6.00. The Morgan fingerprint density at radius 2 is 1.82 bits per heavy atom. The largest absolute Gasteiger partial charge is 0.352 e. The van der Waals surface area contributed by atoms with E-state index < -0.39 is 17.8 Å². The number of halogens is 2. The maximum absolute atomic E-state index is 14.3. The summed E-state index contributed by atoms with van der Waals surface area (Å²) in [6.07, 6.45) is 3.95. The molecule has 1 aliphatic carbocycles. The van der Waals surface area contributed by atoms with Gasteiger partial charge in [-0.2, -0.15) is 4.80 Å². The van der Waals surface area contributed by atoms with Crippen LogP contribution in [0.1, 0.15) is 38.2 Å². The van der Waals surface area contributed by atoms with Gasteiger partial charge in [0.1, 0.15) is 24.2 Å². The third-order valence-corrected chi connectivity index (χ3v) is 6.00. The lowest BCUT2D eigenvalue weighted by Gasteiger charge is -2.29. The van der Waals surface area contributed by atoms with E-state index in [1.165, 1.54) is 35.2 Å². The van der Waals surface area contributed by atoms with E-state index >= 15 is 0 Å². The summed E-state index contributed by atoms with van der Waals surface area (Å²) in [5, 5.41) is 15.0. The first-order chi connectivity index (χ1) is 16.4. The zero-order valence-electron chi connectivity index (χ0n) is 18.8. The minimum atomic E-state index is -0.826. The zero-order chi connectivity index (χ0) is 24.1. The molecule has 1 saturated carbocycles. The Morgan fingerprint density at radius 1 is 1.12 bits per heavy atom. The average molecular weight is 469 g/mol. The number of amides is 2. The highest BCUT2D eigenvalue weighted by Gasteiger charge is 2.29. The molecule has 2 amide bonds. The fourth-order valence-electron chi connectivity index (χ4n) is 4.02. The van der Waals surface area contributed by atoms with E-state index in [9.17, 15) is 18.4 Å². The summed E-state index contributed by atoms with van der Waals surface area (Å²) in [5.41, 5.74) is 0.850. The normalized spacial score (nSPS) is 14.7. The molecule has 1 aromatic heterocycles. The molecule has 0 radical (unpaired) electrons. The highest BCUT2D eigenvalue weighted by Crippen LogP contribution is 2.19. The van der Waals surface area contributed by atoms with Crippen LogP contribution in [-0.4, -0.2) is 49.0 Å². The number of nitrogens with zero attached hydrogens (tertiary/aromatic N) is 5. The second-order valence-electron chi connectivity index (χ2n) is 8.43. The molecule has 10 heteroatoms. The summed E-state index contributed by atoms with van der Waals surface area (Å²) in [4.78, 5) is 28.6. The predicted molar refractivity (Wildman–Crippen MR) is 120 cm³/mol. The molecule has 34 heavy (non-hydrogen) atoms. The SMILES string of the molecule is C[C@@H](C(=O)NC1CCCC1)N(Cc1ccccc1F)C(=O)Cn1nnc(-c2ccc(F)cc2)n1. The highest BCUT2D eigenvalue weighted by atomic mass is 19.1. The van der Waals surface area contributed by atoms with Crippen molar-refractivity contribution < 1.29 is 18.4 Å². The first-order valence-electron chi connectivity index (χ1n) is 11.3. The molecule has 0 bridgehead atoms. The van der Waals surface area contributed by atoms with Crippen molar-refractivity contribution in [2.24, 2.45) is 0 Å². The van der Waals surface area contributed by atoms with Crippen LogP contribution in [0.25, 0.3) is 11.4 Å². The molecule has 0 saturated heterocycles. The Kier molecular flexibility index (Phi) is 7.24. The topological polar surface area (TPSA) is 93.0 Å². The van der Waals surface area contributed by atoms with Crippen molar-refractivity contribution in [2.75, 3.05) is 0 Å². The lowest BCUT2D eigenvalue weighted by Crippen LogP contribution is -2.50. The summed E-state index contributed by atoms with van der Waals surface area (Å²) < 4.78 is 27.5. The molecule has 8 nitrogen and oxygen atoms in total. The quantitative estimate of drug-likeness (QED) is 0.549. The second-order valence-corrected chi connectivity index (χ2v) is 8.43. The molecule has 1 heterocycles. The number of hydrogen-bond acceptors (Lipinski definition) is 5. The van der Waals surface area contributed by atoms with Crippen LogP contribution in [-0.2, 0) is 22.7 Å². The van der Waals surface area contributed by atoms with Gasteiger partial charge in [-0.15, -0.1) is 10.2 Å². The van der Waals surface area contributed by atoms with Crippen LogP contribution >= 0.6 is 0 Å². The van der Waals surface area contributed by atoms with Crippen LogP contribution in [0, 0.1) is 11.6 Å². The molecule has 1 aliphatic rings. The number of rotatable bonds is 8. The Morgan fingerprint density at radius 3 is 2.53 bits per heavy atom. The van der Waals surface area contributed by atoms with Gasteiger partial charge in [-0.05, 0) is 55.3 Å². The average Bonchev–Trinajstić information content (AvgIpc) is 3.51. The molecule has 3 aromatic rings. The van der Waals surface area contributed by atoms with Crippen LogP contribution in [0.3, 0.4) is 0 Å². The van der Waals surface area contributed by atoms with Gasteiger partial charge >= 0.3 is 0 Å². The van der Waals surface area contributed by atoms with Gasteiger partial charge in [0, 0.05) is 23.7 Å². The zero-order valence-corrected chi connectivity index (χ0v) is 18.8. The van der Waals surface area contributed by atoms with Crippen LogP contribution < -0.4 is 5.32 Å². The summed E-state index contributed by atoms with van der Waals surface area (Å²) >= 11 is 0. The first kappa shape index (κ1) is 23.5. The molecule has 4 rings (SSSR count). The number of nitrogens with one attached hydrogen (secondary N) is 1. The van der Waals surface area contributed by atoms with Crippen molar-refractivity contribution in [3.05, 3.63) is 65.7 Å². The van der Waals surface area contributed by atoms with Crippen LogP contribution in [0.2, 0.25) is 0 Å². The van der Waals surface area contributed by atoms with E-state index in [-0.39, 0.29) is 36.7 Å². The van der Waals surface area contributed by atoms with E-state index in [1.807, 2.05) is 0 Å². The molecular formula is C24H26F2N6O2. The Labute approximate surface area is 196 Å². The molecule has 1 N–H and O–H groups in total. The maximum Gasteiger partial charge on any atom is 0.247 e. The van der Waals surface area contributed by atoms with Crippen molar-refractivity contribution in [1.82, 2.24) is 30.4 Å². The number of carbonyl (C=O) groups is 2. The van der Waals surface area contributed by atoms with Gasteiger partial charge in [0.05, 0.1) is 0 Å². The van der Waals surface area contributed by atoms with Gasteiger partial charge in [0.25, 0.3) is 0 Å². The summed E-state index contributed by atoms with van der Waals surface area (Å²) in [5.74, 6) is -1.35. The standard InChI is InChI=1S/C24H26F2N6O2/c1-16(24(34)27-20-7-3-4-8-20)31(14-18-6-2-5-9-21(18)26)22(33)15-32-29-23(28-30-32)17-10-12-19(25)13-11-17/h2,5-6,9-13,16,20H,3-4,7-8,14-15H2,1H3,(H,27,34)/t16-/m0/s1. The molecule has 2 aromatic carbocycles. The third kappa shape index (κ3) is 5.62. The molecule has 0 spiro atoms. The van der Waals surface area contributed by atoms with Crippen molar-refractivity contribution in [3.8, 4) is 11.4 Å². The molecular weight excluding hydrogens is 442 g/mol. The van der Waals surface area contributed by atoms with E-state index in [0.717, 1.165) is 30.5 Å². The second kappa shape index (κ2) is 10.5. The van der Waals surface area contributed by atoms with Gasteiger partial charge in [0.15, 0.2) is 0 Å². The van der Waals surface area contributed by atoms with Crippen molar-refractivity contribution >= 4 is 11.8 Å². The van der Waals surface area contributed by atoms with Gasteiger partial charge < -0.3 is 10.2 Å². The van der Waals surface area contributed by atoms with Crippen LogP contribution in [0.5, 0.6) is 0 Å². The number of aromatic nitrogens is 4. The first-order valence-corrected chi connectivity index (χ1v) is 11.3. The lowest BCUT2D eigenvalue weighted by atomic mass is 10.1. The molecule has 1 atom stereocenters. The fourth-order valence-corrected chi connectivity index (χ4v) is 4.02. The van der Waals surface area contributed by atoms with Crippen LogP contribution in [0.4, 0.5) is 8.78 Å². The van der Waals surface area contributed by atoms with Crippen LogP contribution in [0.15, 0.2) is 48.5 Å². The monoisotopic (exact) mass is 468 g/mol. The van der Waals surface area contributed by atoms with Crippen molar-refractivity contribution in [3.63, 3.8) is 0 Å². The molecule has 0 aliphatic heterocycles. The fraction of sp³-hybridized carbons (Fsp3) is 0.375. The number of hydrogen-bond donors (Lipinski definition) is 1. The van der Waals surface area contributed by atoms with Crippen molar-refractivity contribution in [1.29, 1.82) is 0 Å². The van der Waals surface area contributed by atoms with E-state index in [1.54, 1.807) is 25.1 Å². The summed E-state index contributed by atoms with van der Waals surface area (Å²) in [6, 6.07) is 11.0. The molecule has 0 unspecified atom stereocenters. The smallest absolute Gasteiger partial charge is 0.247 e. The number of carbonyl (C=O) groups excluding carboxylic acids is 2. The summed E-state index contributed by atoms with van der Waals surface area (Å²) in [6.45, 7) is 1.26. The minimum absolute atomic E-state index is 0.0791. The van der Waals surface area contributed by atoms with Gasteiger partial charge in [0.2, 0.25) is 17.6 Å². The van der Waals surface area contributed by atoms with Gasteiger partial charge in [-0.1, -0.05) is 31.0 Å². The van der Waals surface area contributed by atoms with Gasteiger partial charge in [-0.25, -0.2) is 8.78 Å². The minimum Gasteiger partial charge on any atom is -0.352 e. The summed E-state index contributed by atoms with van der Waals surface area (Å²) in [7, 11) is 0. The maximum atomic E-state index is 14.3. The Bertz CT molecular complexity index is 1140. The number of benzene rings is 2. The highest BCUT2D eigenvalue weighted by molar-refractivity contribution is 5.87. The number of tetrazole rings is 1. The van der Waals surface area contributed by atoms with E-state index in [2.05, 4.69) is 20.7 Å².